The molecule has 1 N–H and O–H groups in total. The number of aromatic nitrogens is 2. The Morgan fingerprint density at radius 2 is 1.67 bits per heavy atom. The van der Waals surface area contributed by atoms with Gasteiger partial charge in [-0.05, 0) is 124 Å². The van der Waals surface area contributed by atoms with Gasteiger partial charge in [-0.3, -0.25) is 9.69 Å². The maximum atomic E-state index is 14.7. The second-order valence-corrected chi connectivity index (χ2v) is 17.2. The lowest BCUT2D eigenvalue weighted by molar-refractivity contribution is -0.124. The number of hydrogen-bond donors (Lipinski definition) is 1. The zero-order chi connectivity index (χ0) is 36.7. The number of piperidine rings is 1. The second-order valence-electron chi connectivity index (χ2n) is 17.2. The van der Waals surface area contributed by atoms with E-state index in [1.165, 1.54) is 11.1 Å². The minimum Gasteiger partial charge on any atom is -0.496 e. The lowest BCUT2D eigenvalue weighted by Gasteiger charge is -2.55. The Bertz CT molecular complexity index is 1720. The molecule has 1 aromatic carbocycles. The summed E-state index contributed by atoms with van der Waals surface area (Å²) in [7, 11) is 1.73. The Morgan fingerprint density at radius 3 is 2.29 bits per heavy atom. The Labute approximate surface area is 308 Å². The number of hydrogen-bond acceptors (Lipinski definition) is 8. The standard InChI is InChI=1S/C42H56N4O6/c1-28-24-31(8-11-35(28)50-5)42-18-15-41(16-19-42,17-20-42)27-46(36-25-30(12-21-43-36)34-26-51-38(44-34)40(2,3)4)37(48)29-6-9-33(10-7-29)52-39(49)45-22-13-32(47)14-23-45/h8,11-12,21,24-26,29,32-33,47H,6-7,9-10,13-20,22-23,27H2,1-5H3/t29-,33-,41?,42?. The number of aryl methyl sites for hydroxylation is 1. The SMILES string of the molecule is COc1ccc(C23CCC(CN(c4cc(-c5coc(C(C)(C)C)n5)ccn4)C(=O)[C@H]4CC[C@H](OC(=O)N5CCC(O)CC5)CC4)(CC2)CC3)cc1C. The number of pyridine rings is 1. The van der Waals surface area contributed by atoms with Gasteiger partial charge in [0.15, 0.2) is 5.89 Å². The molecule has 8 rings (SSSR count). The number of aliphatic hydroxyl groups excluding tert-OH is 1. The molecule has 1 saturated heterocycles. The van der Waals surface area contributed by atoms with Crippen LogP contribution in [-0.4, -0.2) is 70.9 Å². The van der Waals surface area contributed by atoms with Crippen molar-refractivity contribution >= 4 is 17.8 Å². The molecule has 5 aliphatic rings. The average Bonchev–Trinajstić information content (AvgIpc) is 3.67. The first-order chi connectivity index (χ1) is 24.9. The van der Waals surface area contributed by atoms with Gasteiger partial charge in [0.25, 0.3) is 0 Å². The normalized spacial score (nSPS) is 26.6. The van der Waals surface area contributed by atoms with Crippen molar-refractivity contribution in [3.05, 3.63) is 59.8 Å². The summed E-state index contributed by atoms with van der Waals surface area (Å²) in [5.74, 6) is 2.20. The van der Waals surface area contributed by atoms with Crippen molar-refractivity contribution in [2.75, 3.05) is 31.6 Å². The highest BCUT2D eigenvalue weighted by Gasteiger charge is 2.51. The predicted octanol–water partition coefficient (Wildman–Crippen LogP) is 8.13. The van der Waals surface area contributed by atoms with Gasteiger partial charge in [-0.15, -0.1) is 0 Å². The van der Waals surface area contributed by atoms with E-state index in [9.17, 15) is 14.7 Å². The van der Waals surface area contributed by atoms with E-state index < -0.39 is 0 Å². The van der Waals surface area contributed by atoms with Crippen LogP contribution >= 0.6 is 0 Å². The molecule has 1 aliphatic heterocycles. The molecule has 0 atom stereocenters. The Morgan fingerprint density at radius 1 is 0.981 bits per heavy atom. The Hall–Kier alpha value is -3.92. The minimum absolute atomic E-state index is 0.0264. The van der Waals surface area contributed by atoms with E-state index >= 15 is 0 Å². The van der Waals surface area contributed by atoms with Crippen LogP contribution in [0, 0.1) is 18.3 Å². The summed E-state index contributed by atoms with van der Waals surface area (Å²) in [6.45, 7) is 10.0. The summed E-state index contributed by atoms with van der Waals surface area (Å²) < 4.78 is 17.3. The number of aliphatic hydroxyl groups is 1. The van der Waals surface area contributed by atoms with Crippen LogP contribution in [0.5, 0.6) is 5.75 Å². The first kappa shape index (κ1) is 36.4. The van der Waals surface area contributed by atoms with Gasteiger partial charge >= 0.3 is 6.09 Å². The van der Waals surface area contributed by atoms with Crippen LogP contribution in [0.2, 0.25) is 0 Å². The number of rotatable bonds is 8. The number of methoxy groups -OCH3 is 1. The van der Waals surface area contributed by atoms with Crippen LogP contribution in [0.3, 0.4) is 0 Å². The van der Waals surface area contributed by atoms with E-state index in [4.69, 9.17) is 23.9 Å². The first-order valence-corrected chi connectivity index (χ1v) is 19.4. The molecule has 3 heterocycles. The molecule has 0 unspecified atom stereocenters. The fraction of sp³-hybridized carbons (Fsp3) is 0.619. The molecule has 280 valence electrons. The average molecular weight is 713 g/mol. The summed E-state index contributed by atoms with van der Waals surface area (Å²) in [5.41, 5.74) is 4.18. The fourth-order valence-electron chi connectivity index (χ4n) is 9.14. The number of oxazole rings is 1. The van der Waals surface area contributed by atoms with E-state index in [2.05, 4.69) is 45.9 Å². The van der Waals surface area contributed by atoms with Crippen molar-refractivity contribution < 1.29 is 28.6 Å². The summed E-state index contributed by atoms with van der Waals surface area (Å²) in [6, 6.07) is 10.6. The summed E-state index contributed by atoms with van der Waals surface area (Å²) in [4.78, 5) is 40.9. The molecule has 0 radical (unpaired) electrons. The highest BCUT2D eigenvalue weighted by molar-refractivity contribution is 5.95. The molecular weight excluding hydrogens is 656 g/mol. The number of ether oxygens (including phenoxy) is 2. The minimum atomic E-state index is -0.345. The first-order valence-electron chi connectivity index (χ1n) is 19.4. The molecule has 2 aromatic heterocycles. The van der Waals surface area contributed by atoms with Crippen molar-refractivity contribution in [2.24, 2.45) is 11.3 Å². The molecule has 5 fully saturated rings. The van der Waals surface area contributed by atoms with Crippen molar-refractivity contribution in [1.29, 1.82) is 0 Å². The van der Waals surface area contributed by atoms with E-state index in [-0.39, 0.29) is 46.4 Å². The summed E-state index contributed by atoms with van der Waals surface area (Å²) >= 11 is 0. The van der Waals surface area contributed by atoms with E-state index in [1.807, 2.05) is 17.0 Å². The topological polar surface area (TPSA) is 118 Å². The number of carbonyl (C=O) groups excluding carboxylic acids is 2. The van der Waals surface area contributed by atoms with Gasteiger partial charge in [-0.25, -0.2) is 14.8 Å². The van der Waals surface area contributed by atoms with Gasteiger partial charge in [-0.1, -0.05) is 32.9 Å². The number of nitrogens with zero attached hydrogens (tertiary/aromatic N) is 4. The smallest absolute Gasteiger partial charge is 0.410 e. The van der Waals surface area contributed by atoms with Gasteiger partial charge < -0.3 is 23.9 Å². The molecule has 2 amide bonds. The zero-order valence-corrected chi connectivity index (χ0v) is 31.7. The van der Waals surface area contributed by atoms with Crippen molar-refractivity contribution in [3.63, 3.8) is 0 Å². The number of carbonyl (C=O) groups is 2. The van der Waals surface area contributed by atoms with E-state index in [0.29, 0.717) is 69.9 Å². The van der Waals surface area contributed by atoms with Crippen molar-refractivity contribution in [3.8, 4) is 17.0 Å². The third kappa shape index (κ3) is 7.45. The highest BCUT2D eigenvalue weighted by Crippen LogP contribution is 2.58. The van der Waals surface area contributed by atoms with E-state index in [1.54, 1.807) is 24.5 Å². The predicted molar refractivity (Wildman–Crippen MR) is 199 cm³/mol. The van der Waals surface area contributed by atoms with Gasteiger partial charge in [0.2, 0.25) is 5.91 Å². The maximum absolute atomic E-state index is 14.7. The zero-order valence-electron chi connectivity index (χ0n) is 31.7. The van der Waals surface area contributed by atoms with Gasteiger partial charge in [0.1, 0.15) is 29.6 Å². The molecule has 52 heavy (non-hydrogen) atoms. The van der Waals surface area contributed by atoms with Crippen molar-refractivity contribution in [1.82, 2.24) is 14.9 Å². The molecule has 2 bridgehead atoms. The summed E-state index contributed by atoms with van der Waals surface area (Å²) in [6.07, 6.45) is 12.9. The number of anilines is 1. The van der Waals surface area contributed by atoms with Crippen LogP contribution < -0.4 is 9.64 Å². The Kier molecular flexibility index (Phi) is 10.1. The quantitative estimate of drug-likeness (QED) is 0.249. The fourth-order valence-corrected chi connectivity index (χ4v) is 9.14. The highest BCUT2D eigenvalue weighted by atomic mass is 16.6. The molecule has 10 heteroatoms. The monoisotopic (exact) mass is 712 g/mol. The number of benzene rings is 1. The largest absolute Gasteiger partial charge is 0.496 e. The molecule has 4 aliphatic carbocycles. The molecule has 10 nitrogen and oxygen atoms in total. The van der Waals surface area contributed by atoms with Crippen LogP contribution in [0.4, 0.5) is 10.6 Å². The van der Waals surface area contributed by atoms with Crippen LogP contribution in [-0.2, 0) is 20.4 Å². The Balaban J connectivity index is 1.09. The second kappa shape index (κ2) is 14.5. The molecular formula is C42H56N4O6. The van der Waals surface area contributed by atoms with Crippen LogP contribution in [0.15, 0.2) is 47.2 Å². The van der Waals surface area contributed by atoms with Crippen LogP contribution in [0.25, 0.3) is 11.3 Å². The van der Waals surface area contributed by atoms with E-state index in [0.717, 1.165) is 55.5 Å². The summed E-state index contributed by atoms with van der Waals surface area (Å²) in [5, 5.41) is 9.83. The van der Waals surface area contributed by atoms with Crippen molar-refractivity contribution in [2.45, 2.75) is 128 Å². The molecule has 3 aromatic rings. The third-order valence-corrected chi connectivity index (χ3v) is 12.6. The number of amides is 2. The van der Waals surface area contributed by atoms with Gasteiger partial charge in [0, 0.05) is 42.7 Å². The maximum Gasteiger partial charge on any atom is 0.410 e. The van der Waals surface area contributed by atoms with Gasteiger partial charge in [-0.2, -0.15) is 0 Å². The molecule has 4 saturated carbocycles. The third-order valence-electron chi connectivity index (χ3n) is 12.6. The lowest BCUT2D eigenvalue weighted by Crippen LogP contribution is -2.52. The number of likely N-dealkylation sites (tertiary alicyclic amines) is 1. The molecule has 0 spiro atoms. The van der Waals surface area contributed by atoms with Crippen LogP contribution in [0.1, 0.15) is 115 Å². The van der Waals surface area contributed by atoms with Gasteiger partial charge in [0.05, 0.1) is 13.2 Å². The number of fused-ring (bicyclic) bond motifs is 3. The lowest BCUT2D eigenvalue weighted by atomic mass is 9.51.